The van der Waals surface area contributed by atoms with Crippen LogP contribution in [0.1, 0.15) is 19.4 Å². The molecule has 0 aliphatic heterocycles. The Balaban J connectivity index is 2.09. The highest BCUT2D eigenvalue weighted by Gasteiger charge is 2.09. The fourth-order valence-corrected chi connectivity index (χ4v) is 3.78. The van der Waals surface area contributed by atoms with Crippen LogP contribution in [-0.2, 0) is 0 Å². The van der Waals surface area contributed by atoms with Gasteiger partial charge < -0.3 is 9.84 Å². The van der Waals surface area contributed by atoms with E-state index >= 15 is 0 Å². The molecule has 0 radical (unpaired) electrons. The van der Waals surface area contributed by atoms with Crippen molar-refractivity contribution in [1.82, 2.24) is 4.68 Å². The summed E-state index contributed by atoms with van der Waals surface area (Å²) >= 11 is 4.95. The van der Waals surface area contributed by atoms with Gasteiger partial charge in [-0.15, -0.1) is 11.3 Å². The maximum atomic E-state index is 10.1. The summed E-state index contributed by atoms with van der Waals surface area (Å²) in [4.78, 5) is 5.46. The quantitative estimate of drug-likeness (QED) is 0.568. The number of hydrogen-bond donors (Lipinski definition) is 1. The summed E-state index contributed by atoms with van der Waals surface area (Å²) in [6.07, 6.45) is 1.64. The number of nitrogens with zero attached hydrogens (tertiary/aromatic N) is 3. The first kappa shape index (κ1) is 19.4. The van der Waals surface area contributed by atoms with Crippen molar-refractivity contribution in [3.8, 4) is 22.8 Å². The third kappa shape index (κ3) is 4.67. The van der Waals surface area contributed by atoms with Crippen LogP contribution in [0.3, 0.4) is 0 Å². The smallest absolute Gasteiger partial charge is 0.206 e. The highest BCUT2D eigenvalue weighted by Crippen LogP contribution is 2.24. The Morgan fingerprint density at radius 1 is 1.19 bits per heavy atom. The summed E-state index contributed by atoms with van der Waals surface area (Å²) in [5.41, 5.74) is 2.56. The highest BCUT2D eigenvalue weighted by molar-refractivity contribution is 9.10. The van der Waals surface area contributed by atoms with E-state index in [0.717, 1.165) is 26.3 Å². The largest absolute Gasteiger partial charge is 0.507 e. The minimum absolute atomic E-state index is 0.146. The standard InChI is InChI=1S/C20H20BrN3O2S/c1-13(2)23-20-24(22-11-15-10-16(21)6-9-19(15)25)18(12-27-20)14-4-7-17(26-3)8-5-14/h4-13,25H,1-3H3. The van der Waals surface area contributed by atoms with Gasteiger partial charge in [0.1, 0.15) is 11.5 Å². The van der Waals surface area contributed by atoms with E-state index in [-0.39, 0.29) is 11.8 Å². The molecular weight excluding hydrogens is 426 g/mol. The van der Waals surface area contributed by atoms with Crippen LogP contribution >= 0.6 is 27.3 Å². The van der Waals surface area contributed by atoms with Gasteiger partial charge in [-0.1, -0.05) is 15.9 Å². The molecule has 0 aliphatic rings. The van der Waals surface area contributed by atoms with Crippen LogP contribution in [-0.4, -0.2) is 29.1 Å². The van der Waals surface area contributed by atoms with Gasteiger partial charge in [0.25, 0.3) is 0 Å². The lowest BCUT2D eigenvalue weighted by molar-refractivity contribution is 0.415. The number of phenolic OH excluding ortho intramolecular Hbond substituents is 1. The number of phenols is 1. The molecule has 7 heteroatoms. The SMILES string of the molecule is COc1ccc(-c2csc(=NC(C)C)n2N=Cc2cc(Br)ccc2O)cc1. The molecular formula is C20H20BrN3O2S. The number of methoxy groups -OCH3 is 1. The van der Waals surface area contributed by atoms with Crippen LogP contribution in [0.15, 0.2) is 62.4 Å². The van der Waals surface area contributed by atoms with Gasteiger partial charge in [0.2, 0.25) is 4.80 Å². The van der Waals surface area contributed by atoms with Crippen molar-refractivity contribution in [3.05, 3.63) is 62.7 Å². The molecule has 0 fully saturated rings. The second kappa shape index (κ2) is 8.54. The Morgan fingerprint density at radius 2 is 1.93 bits per heavy atom. The van der Waals surface area contributed by atoms with E-state index in [0.29, 0.717) is 5.56 Å². The van der Waals surface area contributed by atoms with Crippen LogP contribution in [0.4, 0.5) is 0 Å². The molecule has 3 rings (SSSR count). The van der Waals surface area contributed by atoms with Gasteiger partial charge in [0.05, 0.1) is 19.0 Å². The van der Waals surface area contributed by atoms with Crippen molar-refractivity contribution in [2.45, 2.75) is 19.9 Å². The van der Waals surface area contributed by atoms with Crippen LogP contribution < -0.4 is 9.54 Å². The summed E-state index contributed by atoms with van der Waals surface area (Å²) in [6, 6.07) is 13.2. The van der Waals surface area contributed by atoms with Crippen LogP contribution in [0.5, 0.6) is 11.5 Å². The Labute approximate surface area is 170 Å². The topological polar surface area (TPSA) is 59.1 Å². The van der Waals surface area contributed by atoms with Gasteiger partial charge in [0.15, 0.2) is 0 Å². The number of aromatic nitrogens is 1. The molecule has 0 amide bonds. The normalized spacial score (nSPS) is 12.3. The Bertz CT molecular complexity index is 1020. The predicted octanol–water partition coefficient (Wildman–Crippen LogP) is 4.88. The number of ether oxygens (including phenoxy) is 1. The number of thiazole rings is 1. The van der Waals surface area contributed by atoms with Gasteiger partial charge in [-0.3, -0.25) is 4.99 Å². The molecule has 1 heterocycles. The first-order valence-electron chi connectivity index (χ1n) is 8.39. The molecule has 0 spiro atoms. The average molecular weight is 446 g/mol. The molecule has 0 saturated heterocycles. The molecule has 0 bridgehead atoms. The van der Waals surface area contributed by atoms with E-state index in [2.05, 4.69) is 26.0 Å². The molecule has 0 aliphatic carbocycles. The number of benzene rings is 2. The van der Waals surface area contributed by atoms with Gasteiger partial charge in [0, 0.05) is 27.0 Å². The molecule has 140 valence electrons. The van der Waals surface area contributed by atoms with Crippen molar-refractivity contribution < 1.29 is 9.84 Å². The van der Waals surface area contributed by atoms with E-state index < -0.39 is 0 Å². The molecule has 0 unspecified atom stereocenters. The fourth-order valence-electron chi connectivity index (χ4n) is 2.43. The van der Waals surface area contributed by atoms with Crippen LogP contribution in [0, 0.1) is 0 Å². The summed E-state index contributed by atoms with van der Waals surface area (Å²) in [7, 11) is 1.65. The lowest BCUT2D eigenvalue weighted by Crippen LogP contribution is -2.14. The number of halogens is 1. The monoisotopic (exact) mass is 445 g/mol. The Hall–Kier alpha value is -2.38. The first-order chi connectivity index (χ1) is 13.0. The summed E-state index contributed by atoms with van der Waals surface area (Å²) in [5, 5.41) is 16.7. The van der Waals surface area contributed by atoms with Crippen molar-refractivity contribution in [2.75, 3.05) is 7.11 Å². The van der Waals surface area contributed by atoms with Gasteiger partial charge >= 0.3 is 0 Å². The third-order valence-corrected chi connectivity index (χ3v) is 5.07. The zero-order valence-electron chi connectivity index (χ0n) is 15.3. The van der Waals surface area contributed by atoms with Crippen molar-refractivity contribution >= 4 is 33.5 Å². The van der Waals surface area contributed by atoms with Crippen molar-refractivity contribution in [2.24, 2.45) is 10.1 Å². The highest BCUT2D eigenvalue weighted by atomic mass is 79.9. The average Bonchev–Trinajstić information content (AvgIpc) is 3.04. The maximum Gasteiger partial charge on any atom is 0.206 e. The van der Waals surface area contributed by atoms with E-state index in [1.165, 1.54) is 11.3 Å². The van der Waals surface area contributed by atoms with Gasteiger partial charge in [-0.05, 0) is 56.3 Å². The first-order valence-corrected chi connectivity index (χ1v) is 10.1. The second-order valence-electron chi connectivity index (χ2n) is 6.11. The van der Waals surface area contributed by atoms with Crippen molar-refractivity contribution in [3.63, 3.8) is 0 Å². The van der Waals surface area contributed by atoms with E-state index in [9.17, 15) is 5.11 Å². The molecule has 2 aromatic carbocycles. The number of aromatic hydroxyl groups is 1. The lowest BCUT2D eigenvalue weighted by atomic mass is 10.2. The molecule has 1 N–H and O–H groups in total. The minimum Gasteiger partial charge on any atom is -0.507 e. The van der Waals surface area contributed by atoms with E-state index in [4.69, 9.17) is 4.74 Å². The predicted molar refractivity (Wildman–Crippen MR) is 114 cm³/mol. The second-order valence-corrected chi connectivity index (χ2v) is 7.87. The number of rotatable bonds is 5. The molecule has 1 aromatic heterocycles. The van der Waals surface area contributed by atoms with Crippen LogP contribution in [0.2, 0.25) is 0 Å². The van der Waals surface area contributed by atoms with E-state index in [1.54, 1.807) is 30.1 Å². The van der Waals surface area contributed by atoms with E-state index in [1.807, 2.05) is 49.6 Å². The Morgan fingerprint density at radius 3 is 2.59 bits per heavy atom. The van der Waals surface area contributed by atoms with Gasteiger partial charge in [-0.25, -0.2) is 4.68 Å². The molecule has 5 nitrogen and oxygen atoms in total. The fraction of sp³-hybridized carbons (Fsp3) is 0.200. The van der Waals surface area contributed by atoms with Gasteiger partial charge in [-0.2, -0.15) is 5.10 Å². The minimum atomic E-state index is 0.146. The summed E-state index contributed by atoms with van der Waals surface area (Å²) in [5.74, 6) is 0.973. The number of hydrogen-bond acceptors (Lipinski definition) is 5. The lowest BCUT2D eigenvalue weighted by Gasteiger charge is -2.06. The molecule has 0 atom stereocenters. The summed E-state index contributed by atoms with van der Waals surface area (Å²) in [6.45, 7) is 4.06. The van der Waals surface area contributed by atoms with Crippen LogP contribution in [0.25, 0.3) is 11.3 Å². The third-order valence-electron chi connectivity index (χ3n) is 3.74. The molecule has 3 aromatic rings. The zero-order valence-corrected chi connectivity index (χ0v) is 17.7. The zero-order chi connectivity index (χ0) is 19.4. The summed E-state index contributed by atoms with van der Waals surface area (Å²) < 4.78 is 7.91. The van der Waals surface area contributed by atoms with Crippen molar-refractivity contribution in [1.29, 1.82) is 0 Å². The Kier molecular flexibility index (Phi) is 6.13. The molecule has 27 heavy (non-hydrogen) atoms. The molecule has 0 saturated carbocycles. The maximum absolute atomic E-state index is 10.1.